The van der Waals surface area contributed by atoms with E-state index in [1.807, 2.05) is 61.1 Å². The predicted molar refractivity (Wildman–Crippen MR) is 131 cm³/mol. The van der Waals surface area contributed by atoms with Gasteiger partial charge in [0.25, 0.3) is 11.8 Å². The van der Waals surface area contributed by atoms with Crippen LogP contribution in [0.5, 0.6) is 5.75 Å². The monoisotopic (exact) mass is 461 g/mol. The molecule has 0 unspecified atom stereocenters. The summed E-state index contributed by atoms with van der Waals surface area (Å²) >= 11 is 6.47. The lowest BCUT2D eigenvalue weighted by Crippen LogP contribution is -2.20. The molecule has 0 bridgehead atoms. The van der Waals surface area contributed by atoms with E-state index in [2.05, 4.69) is 10.6 Å². The van der Waals surface area contributed by atoms with Crippen molar-refractivity contribution in [1.82, 2.24) is 15.2 Å². The summed E-state index contributed by atoms with van der Waals surface area (Å²) in [5.41, 5.74) is 3.94. The Morgan fingerprint density at radius 1 is 0.970 bits per heavy atom. The second-order valence-corrected chi connectivity index (χ2v) is 8.64. The van der Waals surface area contributed by atoms with Crippen molar-refractivity contribution in [3.63, 3.8) is 0 Å². The van der Waals surface area contributed by atoms with Crippen molar-refractivity contribution < 1.29 is 14.3 Å². The van der Waals surface area contributed by atoms with Crippen LogP contribution < -0.4 is 15.4 Å². The average molecular weight is 462 g/mol. The Balaban J connectivity index is 1.69. The number of nitrogens with zero attached hydrogens (tertiary/aromatic N) is 1. The van der Waals surface area contributed by atoms with Crippen molar-refractivity contribution in [1.29, 1.82) is 0 Å². The first-order valence-corrected chi connectivity index (χ1v) is 11.4. The maximum atomic E-state index is 12.9. The SMILES string of the molecule is CNCCCCOc1ccc2c3c4c(c(-c5ccccc5Cl)cc3n(C)c2c1)C(=O)NC4=O. The van der Waals surface area contributed by atoms with Crippen LogP contribution >= 0.6 is 11.6 Å². The molecule has 2 N–H and O–H groups in total. The average Bonchev–Trinajstić information content (AvgIpc) is 3.26. The number of benzene rings is 3. The van der Waals surface area contributed by atoms with Crippen LogP contribution in [-0.4, -0.2) is 36.6 Å². The number of aryl methyl sites for hydroxylation is 1. The number of carbonyl (C=O) groups excluding carboxylic acids is 2. The second-order valence-electron chi connectivity index (χ2n) is 8.23. The fraction of sp³-hybridized carbons (Fsp3) is 0.231. The molecule has 0 atom stereocenters. The predicted octanol–water partition coefficient (Wildman–Crippen LogP) is 4.91. The Labute approximate surface area is 196 Å². The van der Waals surface area contributed by atoms with Gasteiger partial charge in [0.2, 0.25) is 0 Å². The molecular weight excluding hydrogens is 438 g/mol. The number of hydrogen-bond acceptors (Lipinski definition) is 4. The number of hydrogen-bond donors (Lipinski definition) is 2. The first kappa shape index (κ1) is 21.5. The van der Waals surface area contributed by atoms with Gasteiger partial charge in [0.05, 0.1) is 28.8 Å². The summed E-state index contributed by atoms with van der Waals surface area (Å²) in [5.74, 6) is -0.00188. The third-order valence-electron chi connectivity index (χ3n) is 6.20. The number of halogens is 1. The molecule has 2 heterocycles. The minimum Gasteiger partial charge on any atom is -0.494 e. The molecule has 2 amide bonds. The molecule has 168 valence electrons. The lowest BCUT2D eigenvalue weighted by Gasteiger charge is -2.10. The highest BCUT2D eigenvalue weighted by Crippen LogP contribution is 2.42. The molecular formula is C26H24ClN3O3. The zero-order valence-electron chi connectivity index (χ0n) is 18.5. The fourth-order valence-electron chi connectivity index (χ4n) is 4.60. The summed E-state index contributed by atoms with van der Waals surface area (Å²) in [5, 5.41) is 7.81. The molecule has 4 aromatic rings. The van der Waals surface area contributed by atoms with Crippen molar-refractivity contribution in [3.8, 4) is 16.9 Å². The van der Waals surface area contributed by atoms with Gasteiger partial charge in [0.1, 0.15) is 5.75 Å². The van der Waals surface area contributed by atoms with E-state index in [9.17, 15) is 9.59 Å². The molecule has 0 aliphatic carbocycles. The van der Waals surface area contributed by atoms with Crippen molar-refractivity contribution in [3.05, 3.63) is 64.7 Å². The molecule has 0 fully saturated rings. The highest BCUT2D eigenvalue weighted by Gasteiger charge is 2.34. The maximum Gasteiger partial charge on any atom is 0.259 e. The molecule has 33 heavy (non-hydrogen) atoms. The summed E-state index contributed by atoms with van der Waals surface area (Å²) in [7, 11) is 3.90. The van der Waals surface area contributed by atoms with Gasteiger partial charge in [-0.2, -0.15) is 0 Å². The Bertz CT molecular complexity index is 1420. The number of amides is 2. The standard InChI is InChI=1S/C26H24ClN3O3/c1-28-11-5-6-12-33-15-9-10-17-20(13-15)30(2)21-14-18(16-7-3-4-8-19(16)27)23-24(22(17)21)26(32)29-25(23)31/h3-4,7-10,13-14,28H,5-6,11-12H2,1-2H3,(H,29,31,32). The molecule has 6 nitrogen and oxygen atoms in total. The van der Waals surface area contributed by atoms with Gasteiger partial charge in [-0.3, -0.25) is 14.9 Å². The molecule has 1 aromatic heterocycles. The number of unbranched alkanes of at least 4 members (excludes halogenated alkanes) is 1. The van der Waals surface area contributed by atoms with Gasteiger partial charge in [-0.25, -0.2) is 0 Å². The number of nitrogens with one attached hydrogen (secondary N) is 2. The molecule has 7 heteroatoms. The summed E-state index contributed by atoms with van der Waals surface area (Å²) in [6.07, 6.45) is 2.01. The molecule has 1 aliphatic heterocycles. The molecule has 1 aliphatic rings. The zero-order valence-corrected chi connectivity index (χ0v) is 19.3. The molecule has 0 radical (unpaired) electrons. The van der Waals surface area contributed by atoms with Crippen molar-refractivity contribution in [2.24, 2.45) is 7.05 Å². The Morgan fingerprint density at radius 2 is 1.76 bits per heavy atom. The quantitative estimate of drug-likeness (QED) is 0.303. The Hall–Kier alpha value is -3.35. The molecule has 0 saturated heterocycles. The van der Waals surface area contributed by atoms with Crippen molar-refractivity contribution in [2.75, 3.05) is 20.2 Å². The van der Waals surface area contributed by atoms with Crippen LogP contribution in [0.25, 0.3) is 32.9 Å². The van der Waals surface area contributed by atoms with Crippen molar-refractivity contribution in [2.45, 2.75) is 12.8 Å². The largest absolute Gasteiger partial charge is 0.494 e. The zero-order chi connectivity index (χ0) is 23.1. The highest BCUT2D eigenvalue weighted by molar-refractivity contribution is 6.36. The van der Waals surface area contributed by atoms with Gasteiger partial charge < -0.3 is 14.6 Å². The van der Waals surface area contributed by atoms with Crippen LogP contribution in [0.4, 0.5) is 0 Å². The first-order valence-electron chi connectivity index (χ1n) is 11.0. The topological polar surface area (TPSA) is 72.4 Å². The Kier molecular flexibility index (Phi) is 5.56. The van der Waals surface area contributed by atoms with Crippen LogP contribution in [0.1, 0.15) is 33.6 Å². The number of fused-ring (bicyclic) bond motifs is 5. The van der Waals surface area contributed by atoms with Gasteiger partial charge in [0, 0.05) is 34.5 Å². The van der Waals surface area contributed by atoms with E-state index < -0.39 is 5.91 Å². The summed E-state index contributed by atoms with van der Waals surface area (Å²) in [4.78, 5) is 25.7. The first-order chi connectivity index (χ1) is 16.0. The van der Waals surface area contributed by atoms with E-state index in [1.165, 1.54) is 0 Å². The minimum atomic E-state index is -0.398. The molecule has 0 spiro atoms. The fourth-order valence-corrected chi connectivity index (χ4v) is 4.84. The normalized spacial score (nSPS) is 13.1. The van der Waals surface area contributed by atoms with Crippen LogP contribution in [0.2, 0.25) is 5.02 Å². The van der Waals surface area contributed by atoms with Crippen molar-refractivity contribution >= 4 is 45.2 Å². The third-order valence-corrected chi connectivity index (χ3v) is 6.53. The van der Waals surface area contributed by atoms with E-state index in [0.29, 0.717) is 28.3 Å². The minimum absolute atomic E-state index is 0.373. The third kappa shape index (κ3) is 3.56. The highest BCUT2D eigenvalue weighted by atomic mass is 35.5. The number of aromatic nitrogens is 1. The van der Waals surface area contributed by atoms with Crippen LogP contribution in [-0.2, 0) is 7.05 Å². The van der Waals surface area contributed by atoms with E-state index in [4.69, 9.17) is 16.3 Å². The second kappa shape index (κ2) is 8.54. The lowest BCUT2D eigenvalue weighted by molar-refractivity contribution is 0.0880. The van der Waals surface area contributed by atoms with Crippen LogP contribution in [0.15, 0.2) is 48.5 Å². The molecule has 3 aromatic carbocycles. The van der Waals surface area contributed by atoms with Crippen LogP contribution in [0, 0.1) is 0 Å². The van der Waals surface area contributed by atoms with E-state index >= 15 is 0 Å². The summed E-state index contributed by atoms with van der Waals surface area (Å²) < 4.78 is 8.00. The van der Waals surface area contributed by atoms with Crippen LogP contribution in [0.3, 0.4) is 0 Å². The number of rotatable bonds is 7. The maximum absolute atomic E-state index is 12.9. The van der Waals surface area contributed by atoms with Gasteiger partial charge in [-0.15, -0.1) is 0 Å². The van der Waals surface area contributed by atoms with Gasteiger partial charge >= 0.3 is 0 Å². The lowest BCUT2D eigenvalue weighted by atomic mass is 9.93. The van der Waals surface area contributed by atoms with E-state index in [-0.39, 0.29) is 5.91 Å². The number of carbonyl (C=O) groups is 2. The van der Waals surface area contributed by atoms with Gasteiger partial charge in [-0.1, -0.05) is 29.8 Å². The van der Waals surface area contributed by atoms with Gasteiger partial charge in [-0.05, 0) is 56.3 Å². The molecule has 0 saturated carbocycles. The molecule has 5 rings (SSSR count). The van der Waals surface area contributed by atoms with Gasteiger partial charge in [0.15, 0.2) is 0 Å². The number of imide groups is 1. The smallest absolute Gasteiger partial charge is 0.259 e. The number of ether oxygens (including phenoxy) is 1. The summed E-state index contributed by atoms with van der Waals surface area (Å²) in [6, 6.07) is 15.2. The van der Waals surface area contributed by atoms with E-state index in [0.717, 1.165) is 52.5 Å². The Morgan fingerprint density at radius 3 is 2.55 bits per heavy atom. The summed E-state index contributed by atoms with van der Waals surface area (Å²) in [6.45, 7) is 1.60. The van der Waals surface area contributed by atoms with E-state index in [1.54, 1.807) is 6.07 Å².